The summed E-state index contributed by atoms with van der Waals surface area (Å²) < 4.78 is 16.8. The molecule has 0 radical (unpaired) electrons. The topological polar surface area (TPSA) is 78.9 Å². The molecule has 64 heavy (non-hydrogen) atoms. The van der Waals surface area contributed by atoms with E-state index in [9.17, 15) is 14.4 Å². The van der Waals surface area contributed by atoms with Gasteiger partial charge in [0.1, 0.15) is 13.2 Å². The van der Waals surface area contributed by atoms with Crippen molar-refractivity contribution >= 4 is 17.9 Å². The van der Waals surface area contributed by atoms with E-state index in [-0.39, 0.29) is 31.1 Å². The molecule has 0 amide bonds. The number of esters is 3. The predicted molar refractivity (Wildman–Crippen MR) is 274 cm³/mol. The van der Waals surface area contributed by atoms with E-state index < -0.39 is 6.10 Å². The highest BCUT2D eigenvalue weighted by Gasteiger charge is 2.19. The summed E-state index contributed by atoms with van der Waals surface area (Å²) in [5.41, 5.74) is 0. The SMILES string of the molecule is CCCC/C=C/C/C=C/CCCCCCCC(=O)O[C@@H](COC(=O)CCCCC/C=C/C/C=C/C/C=C/C/C=C/CCCCC)COC(=O)CCCCCCCCCCCCCCC. The number of ether oxygens (including phenoxy) is 3. The van der Waals surface area contributed by atoms with Gasteiger partial charge >= 0.3 is 17.9 Å². The normalized spacial score (nSPS) is 12.6. The first-order valence-corrected chi connectivity index (χ1v) is 26.9. The molecule has 0 saturated heterocycles. The van der Waals surface area contributed by atoms with Gasteiger partial charge in [-0.3, -0.25) is 14.4 Å². The fourth-order valence-corrected chi connectivity index (χ4v) is 7.32. The summed E-state index contributed by atoms with van der Waals surface area (Å²) in [6.45, 7) is 6.54. The molecule has 0 aromatic heterocycles. The van der Waals surface area contributed by atoms with Crippen molar-refractivity contribution in [3.05, 3.63) is 72.9 Å². The quantitative estimate of drug-likeness (QED) is 0.0262. The molecule has 368 valence electrons. The van der Waals surface area contributed by atoms with Crippen LogP contribution in [0.15, 0.2) is 72.9 Å². The maximum absolute atomic E-state index is 12.8. The van der Waals surface area contributed by atoms with Crippen molar-refractivity contribution in [1.82, 2.24) is 0 Å². The van der Waals surface area contributed by atoms with E-state index >= 15 is 0 Å². The Bertz CT molecular complexity index is 1210. The third-order valence-electron chi connectivity index (χ3n) is 11.4. The van der Waals surface area contributed by atoms with Gasteiger partial charge < -0.3 is 14.2 Å². The average molecular weight is 893 g/mol. The van der Waals surface area contributed by atoms with E-state index in [0.717, 1.165) is 109 Å². The van der Waals surface area contributed by atoms with Gasteiger partial charge in [0.15, 0.2) is 6.10 Å². The summed E-state index contributed by atoms with van der Waals surface area (Å²) >= 11 is 0. The Morgan fingerprint density at radius 2 is 0.578 bits per heavy atom. The lowest BCUT2D eigenvalue weighted by Crippen LogP contribution is -2.30. The van der Waals surface area contributed by atoms with Crippen molar-refractivity contribution in [2.45, 2.75) is 264 Å². The Labute approximate surface area is 395 Å². The second-order valence-electron chi connectivity index (χ2n) is 17.8. The van der Waals surface area contributed by atoms with Crippen molar-refractivity contribution in [2.75, 3.05) is 13.2 Å². The lowest BCUT2D eigenvalue weighted by Gasteiger charge is -2.18. The molecule has 0 aliphatic rings. The predicted octanol–water partition coefficient (Wildman–Crippen LogP) is 17.8. The van der Waals surface area contributed by atoms with Crippen LogP contribution in [0.4, 0.5) is 0 Å². The molecule has 0 bridgehead atoms. The first kappa shape index (κ1) is 60.9. The van der Waals surface area contributed by atoms with Crippen LogP contribution < -0.4 is 0 Å². The number of allylic oxidation sites excluding steroid dienone is 12. The van der Waals surface area contributed by atoms with E-state index in [2.05, 4.69) is 93.7 Å². The van der Waals surface area contributed by atoms with Gasteiger partial charge in [-0.15, -0.1) is 0 Å². The molecule has 0 aromatic carbocycles. The second kappa shape index (κ2) is 52.5. The standard InChI is InChI=1S/C58H100O6/c1-4-7-10-13-16-19-22-25-27-28-29-30-31-34-36-39-42-45-48-51-57(60)63-54-55(53-62-56(59)50-47-44-41-38-35-32-24-21-18-15-12-9-6-3)64-58(61)52-49-46-43-40-37-33-26-23-20-17-14-11-8-5-2/h14,16-17,19,23,25-27,29-30,34,36,55H,4-13,15,18,20-22,24,28,31-33,35,37-54H2,1-3H3/b17-14+,19-16+,26-23+,27-25+,30-29+,36-34+/t55-/m1/s1. The lowest BCUT2D eigenvalue weighted by molar-refractivity contribution is -0.167. The molecule has 0 aliphatic heterocycles. The summed E-state index contributed by atoms with van der Waals surface area (Å²) in [6.07, 6.45) is 65.9. The lowest BCUT2D eigenvalue weighted by atomic mass is 10.0. The minimum atomic E-state index is -0.794. The molecule has 0 saturated carbocycles. The Hall–Kier alpha value is -3.15. The van der Waals surface area contributed by atoms with Crippen LogP contribution in [-0.2, 0) is 28.6 Å². The minimum absolute atomic E-state index is 0.0899. The van der Waals surface area contributed by atoms with E-state index in [1.54, 1.807) is 0 Å². The van der Waals surface area contributed by atoms with Crippen LogP contribution in [0.25, 0.3) is 0 Å². The fraction of sp³-hybridized carbons (Fsp3) is 0.741. The monoisotopic (exact) mass is 893 g/mol. The molecule has 6 nitrogen and oxygen atoms in total. The summed E-state index contributed by atoms with van der Waals surface area (Å²) in [5, 5.41) is 0. The van der Waals surface area contributed by atoms with Crippen LogP contribution in [0.5, 0.6) is 0 Å². The molecule has 0 heterocycles. The Morgan fingerprint density at radius 1 is 0.312 bits per heavy atom. The average Bonchev–Trinajstić information content (AvgIpc) is 3.29. The zero-order chi connectivity index (χ0) is 46.5. The van der Waals surface area contributed by atoms with Gasteiger partial charge in [0.05, 0.1) is 0 Å². The van der Waals surface area contributed by atoms with Crippen molar-refractivity contribution in [3.63, 3.8) is 0 Å². The van der Waals surface area contributed by atoms with E-state index in [0.29, 0.717) is 19.3 Å². The molecule has 0 aliphatic carbocycles. The third kappa shape index (κ3) is 49.9. The maximum atomic E-state index is 12.8. The van der Waals surface area contributed by atoms with Gasteiger partial charge in [-0.25, -0.2) is 0 Å². The first-order chi connectivity index (χ1) is 31.5. The number of unbranched alkanes of at least 4 members (excludes halogenated alkanes) is 25. The van der Waals surface area contributed by atoms with E-state index in [1.807, 2.05) is 0 Å². The van der Waals surface area contributed by atoms with Crippen molar-refractivity contribution < 1.29 is 28.6 Å². The van der Waals surface area contributed by atoms with Gasteiger partial charge in [-0.2, -0.15) is 0 Å². The Kier molecular flexibility index (Phi) is 49.9. The van der Waals surface area contributed by atoms with Crippen LogP contribution in [0.1, 0.15) is 258 Å². The third-order valence-corrected chi connectivity index (χ3v) is 11.4. The van der Waals surface area contributed by atoms with Crippen LogP contribution in [-0.4, -0.2) is 37.2 Å². The fourth-order valence-electron chi connectivity index (χ4n) is 7.32. The first-order valence-electron chi connectivity index (χ1n) is 26.9. The smallest absolute Gasteiger partial charge is 0.306 e. The maximum Gasteiger partial charge on any atom is 0.306 e. The van der Waals surface area contributed by atoms with Gasteiger partial charge in [0.25, 0.3) is 0 Å². The summed E-state index contributed by atoms with van der Waals surface area (Å²) in [4.78, 5) is 38.0. The highest BCUT2D eigenvalue weighted by Crippen LogP contribution is 2.15. The molecule has 0 spiro atoms. The van der Waals surface area contributed by atoms with Crippen LogP contribution in [0.3, 0.4) is 0 Å². The van der Waals surface area contributed by atoms with Gasteiger partial charge in [0.2, 0.25) is 0 Å². The molecule has 0 aromatic rings. The highest BCUT2D eigenvalue weighted by atomic mass is 16.6. The van der Waals surface area contributed by atoms with Gasteiger partial charge in [-0.1, -0.05) is 222 Å². The van der Waals surface area contributed by atoms with Crippen LogP contribution in [0.2, 0.25) is 0 Å². The van der Waals surface area contributed by atoms with E-state index in [1.165, 1.54) is 109 Å². The van der Waals surface area contributed by atoms with Crippen molar-refractivity contribution in [1.29, 1.82) is 0 Å². The van der Waals surface area contributed by atoms with Gasteiger partial charge in [0, 0.05) is 19.3 Å². The molecular weight excluding hydrogens is 793 g/mol. The van der Waals surface area contributed by atoms with Gasteiger partial charge in [-0.05, 0) is 89.9 Å². The number of carbonyl (C=O) groups excluding carboxylic acids is 3. The Morgan fingerprint density at radius 3 is 0.969 bits per heavy atom. The molecule has 0 rings (SSSR count). The number of hydrogen-bond donors (Lipinski definition) is 0. The molecule has 1 atom stereocenters. The molecular formula is C58H100O6. The molecule has 6 heteroatoms. The molecule has 0 unspecified atom stereocenters. The molecule has 0 N–H and O–H groups in total. The summed E-state index contributed by atoms with van der Waals surface area (Å²) in [7, 11) is 0. The molecule has 0 fully saturated rings. The number of carbonyl (C=O) groups is 3. The van der Waals surface area contributed by atoms with Crippen LogP contribution in [0, 0.1) is 0 Å². The summed E-state index contributed by atoms with van der Waals surface area (Å²) in [6, 6.07) is 0. The number of hydrogen-bond acceptors (Lipinski definition) is 6. The van der Waals surface area contributed by atoms with Crippen LogP contribution >= 0.6 is 0 Å². The minimum Gasteiger partial charge on any atom is -0.462 e. The van der Waals surface area contributed by atoms with Crippen molar-refractivity contribution in [3.8, 4) is 0 Å². The van der Waals surface area contributed by atoms with Crippen molar-refractivity contribution in [2.24, 2.45) is 0 Å². The zero-order valence-electron chi connectivity index (χ0n) is 42.0. The second-order valence-corrected chi connectivity index (χ2v) is 17.8. The zero-order valence-corrected chi connectivity index (χ0v) is 42.0. The number of rotatable bonds is 48. The highest BCUT2D eigenvalue weighted by molar-refractivity contribution is 5.71. The van der Waals surface area contributed by atoms with E-state index in [4.69, 9.17) is 14.2 Å². The summed E-state index contributed by atoms with van der Waals surface area (Å²) in [5.74, 6) is -0.932. The largest absolute Gasteiger partial charge is 0.462 e. The Balaban J connectivity index is 4.44.